The summed E-state index contributed by atoms with van der Waals surface area (Å²) in [4.78, 5) is 13.2. The smallest absolute Gasteiger partial charge is 0.321 e. The molecule has 1 saturated heterocycles. The van der Waals surface area contributed by atoms with Crippen molar-refractivity contribution in [2.45, 2.75) is 57.1 Å². The Hall–Kier alpha value is -0.610. The van der Waals surface area contributed by atoms with Crippen molar-refractivity contribution in [3.05, 3.63) is 0 Å². The number of aliphatic hydroxyl groups is 1. The molecule has 2 fully saturated rings. The predicted octanol–water partition coefficient (Wildman–Crippen LogP) is 1.48. The molecule has 4 heteroatoms. The van der Waals surface area contributed by atoms with Gasteiger partial charge in [0.05, 0.1) is 5.60 Å². The highest BCUT2D eigenvalue weighted by Crippen LogP contribution is 2.32. The van der Waals surface area contributed by atoms with Gasteiger partial charge in [0, 0.05) is 6.54 Å². The van der Waals surface area contributed by atoms with Crippen molar-refractivity contribution in [2.75, 3.05) is 13.1 Å². The lowest BCUT2D eigenvalue weighted by Gasteiger charge is -2.37. The minimum atomic E-state index is -0.741. The van der Waals surface area contributed by atoms with E-state index in [9.17, 15) is 15.0 Å². The molecule has 2 aliphatic rings. The molecule has 1 aliphatic carbocycles. The molecule has 0 bridgehead atoms. The highest BCUT2D eigenvalue weighted by atomic mass is 16.4. The van der Waals surface area contributed by atoms with Crippen LogP contribution >= 0.6 is 0 Å². The molecule has 0 aromatic rings. The van der Waals surface area contributed by atoms with Crippen molar-refractivity contribution < 1.29 is 15.0 Å². The van der Waals surface area contributed by atoms with Crippen LogP contribution in [0.15, 0.2) is 0 Å². The van der Waals surface area contributed by atoms with Crippen molar-refractivity contribution in [2.24, 2.45) is 5.92 Å². The van der Waals surface area contributed by atoms with Gasteiger partial charge in [-0.3, -0.25) is 9.69 Å². The van der Waals surface area contributed by atoms with Gasteiger partial charge in [-0.1, -0.05) is 26.2 Å². The standard InChI is InChI=1S/C13H23NO3/c1-10-5-8-14(11(10)12(15)16)9-13(17)6-3-2-4-7-13/h10-11,17H,2-9H2,1H3,(H,15,16). The molecule has 1 heterocycles. The van der Waals surface area contributed by atoms with Gasteiger partial charge in [0.25, 0.3) is 0 Å². The second-order valence-corrected chi connectivity index (χ2v) is 5.80. The largest absolute Gasteiger partial charge is 0.480 e. The topological polar surface area (TPSA) is 60.8 Å². The van der Waals surface area contributed by atoms with Gasteiger partial charge in [0.2, 0.25) is 0 Å². The van der Waals surface area contributed by atoms with Crippen LogP contribution in [-0.2, 0) is 4.79 Å². The molecule has 2 rings (SSSR count). The summed E-state index contributed by atoms with van der Waals surface area (Å²) >= 11 is 0. The lowest BCUT2D eigenvalue weighted by atomic mass is 9.84. The van der Waals surface area contributed by atoms with E-state index in [1.54, 1.807) is 0 Å². The summed E-state index contributed by atoms with van der Waals surface area (Å²) in [6.45, 7) is 3.33. The van der Waals surface area contributed by atoms with Crippen molar-refractivity contribution in [3.63, 3.8) is 0 Å². The molecule has 0 radical (unpaired) electrons. The number of carboxylic acid groups (broad SMARTS) is 1. The summed E-state index contributed by atoms with van der Waals surface area (Å²) in [6, 6.07) is -0.402. The zero-order valence-electron chi connectivity index (χ0n) is 10.6. The van der Waals surface area contributed by atoms with Crippen LogP contribution in [-0.4, -0.2) is 45.8 Å². The van der Waals surface area contributed by atoms with E-state index in [1.807, 2.05) is 11.8 Å². The van der Waals surface area contributed by atoms with E-state index in [-0.39, 0.29) is 5.92 Å². The van der Waals surface area contributed by atoms with E-state index in [4.69, 9.17) is 0 Å². The first-order valence-electron chi connectivity index (χ1n) is 6.71. The van der Waals surface area contributed by atoms with E-state index in [0.29, 0.717) is 6.54 Å². The Morgan fingerprint density at radius 3 is 2.59 bits per heavy atom. The third-order valence-corrected chi connectivity index (χ3v) is 4.34. The average Bonchev–Trinajstić information content (AvgIpc) is 2.60. The Morgan fingerprint density at radius 2 is 2.00 bits per heavy atom. The van der Waals surface area contributed by atoms with Crippen LogP contribution < -0.4 is 0 Å². The molecule has 4 nitrogen and oxygen atoms in total. The summed E-state index contributed by atoms with van der Waals surface area (Å²) in [5.41, 5.74) is -0.643. The third kappa shape index (κ3) is 2.80. The molecule has 0 aromatic heterocycles. The lowest BCUT2D eigenvalue weighted by molar-refractivity contribution is -0.144. The second-order valence-electron chi connectivity index (χ2n) is 5.80. The van der Waals surface area contributed by atoms with Gasteiger partial charge in [-0.15, -0.1) is 0 Å². The zero-order chi connectivity index (χ0) is 12.5. The SMILES string of the molecule is CC1CCN(CC2(O)CCCCC2)C1C(=O)O. The number of carbonyl (C=O) groups is 1. The fourth-order valence-corrected chi connectivity index (χ4v) is 3.35. The summed E-state index contributed by atoms with van der Waals surface area (Å²) < 4.78 is 0. The third-order valence-electron chi connectivity index (χ3n) is 4.34. The number of hydrogen-bond donors (Lipinski definition) is 2. The van der Waals surface area contributed by atoms with Gasteiger partial charge in [0.1, 0.15) is 6.04 Å². The van der Waals surface area contributed by atoms with E-state index in [1.165, 1.54) is 6.42 Å². The molecule has 17 heavy (non-hydrogen) atoms. The molecular weight excluding hydrogens is 218 g/mol. The van der Waals surface area contributed by atoms with Crippen molar-refractivity contribution in [1.82, 2.24) is 4.90 Å². The van der Waals surface area contributed by atoms with E-state index in [2.05, 4.69) is 0 Å². The van der Waals surface area contributed by atoms with E-state index in [0.717, 1.165) is 38.6 Å². The number of likely N-dealkylation sites (tertiary alicyclic amines) is 1. The molecule has 0 aromatic carbocycles. The normalized spacial score (nSPS) is 33.8. The molecule has 1 saturated carbocycles. The molecule has 0 spiro atoms. The summed E-state index contributed by atoms with van der Waals surface area (Å²) in [6.07, 6.45) is 5.90. The van der Waals surface area contributed by atoms with Crippen LogP contribution in [0.3, 0.4) is 0 Å². The fourth-order valence-electron chi connectivity index (χ4n) is 3.35. The van der Waals surface area contributed by atoms with E-state index < -0.39 is 17.6 Å². The minimum absolute atomic E-state index is 0.194. The minimum Gasteiger partial charge on any atom is -0.480 e. The molecule has 0 amide bonds. The molecule has 2 atom stereocenters. The maximum Gasteiger partial charge on any atom is 0.321 e. The number of β-amino-alcohol motifs (C(OH)–C–C–N with tert-alkyl or cyclic N) is 1. The van der Waals surface area contributed by atoms with Gasteiger partial charge in [-0.2, -0.15) is 0 Å². The number of nitrogens with zero attached hydrogens (tertiary/aromatic N) is 1. The molecule has 98 valence electrons. The average molecular weight is 241 g/mol. The fraction of sp³-hybridized carbons (Fsp3) is 0.923. The van der Waals surface area contributed by atoms with Crippen LogP contribution in [0.2, 0.25) is 0 Å². The summed E-state index contributed by atoms with van der Waals surface area (Å²) in [5, 5.41) is 19.7. The summed E-state index contributed by atoms with van der Waals surface area (Å²) in [7, 11) is 0. The zero-order valence-corrected chi connectivity index (χ0v) is 10.6. The number of rotatable bonds is 3. The van der Waals surface area contributed by atoms with Crippen molar-refractivity contribution >= 4 is 5.97 Å². The number of carboxylic acids is 1. The van der Waals surface area contributed by atoms with Gasteiger partial charge in [0.15, 0.2) is 0 Å². The van der Waals surface area contributed by atoms with Crippen molar-refractivity contribution in [3.8, 4) is 0 Å². The van der Waals surface area contributed by atoms with Gasteiger partial charge >= 0.3 is 5.97 Å². The number of aliphatic carboxylic acids is 1. The van der Waals surface area contributed by atoms with Gasteiger partial charge < -0.3 is 10.2 Å². The Bertz CT molecular complexity index is 286. The molecule has 2 N–H and O–H groups in total. The Kier molecular flexibility index (Phi) is 3.73. The summed E-state index contributed by atoms with van der Waals surface area (Å²) in [5.74, 6) is -0.547. The molecule has 2 unspecified atom stereocenters. The monoisotopic (exact) mass is 241 g/mol. The van der Waals surface area contributed by atoms with Crippen LogP contribution in [0.5, 0.6) is 0 Å². The second kappa shape index (κ2) is 4.94. The van der Waals surface area contributed by atoms with Crippen LogP contribution in [0, 0.1) is 5.92 Å². The molecule has 1 aliphatic heterocycles. The first-order valence-corrected chi connectivity index (χ1v) is 6.71. The van der Waals surface area contributed by atoms with Gasteiger partial charge in [-0.25, -0.2) is 0 Å². The first kappa shape index (κ1) is 12.8. The van der Waals surface area contributed by atoms with Crippen LogP contribution in [0.4, 0.5) is 0 Å². The quantitative estimate of drug-likeness (QED) is 0.785. The Labute approximate surface area is 103 Å². The van der Waals surface area contributed by atoms with E-state index >= 15 is 0 Å². The lowest BCUT2D eigenvalue weighted by Crippen LogP contribution is -2.49. The first-order chi connectivity index (χ1) is 8.02. The van der Waals surface area contributed by atoms with Crippen LogP contribution in [0.25, 0.3) is 0 Å². The van der Waals surface area contributed by atoms with Crippen LogP contribution in [0.1, 0.15) is 45.4 Å². The predicted molar refractivity (Wildman–Crippen MR) is 64.8 cm³/mol. The maximum atomic E-state index is 11.2. The highest BCUT2D eigenvalue weighted by Gasteiger charge is 2.41. The Balaban J connectivity index is 2.00. The Morgan fingerprint density at radius 1 is 1.35 bits per heavy atom. The molecular formula is C13H23NO3. The maximum absolute atomic E-state index is 11.2. The van der Waals surface area contributed by atoms with Crippen molar-refractivity contribution in [1.29, 1.82) is 0 Å². The highest BCUT2D eigenvalue weighted by molar-refractivity contribution is 5.74. The van der Waals surface area contributed by atoms with Gasteiger partial charge in [-0.05, 0) is 31.7 Å². The number of hydrogen-bond acceptors (Lipinski definition) is 3.